The van der Waals surface area contributed by atoms with Crippen LogP contribution >= 0.6 is 0 Å². The molecule has 2 aliphatic rings. The van der Waals surface area contributed by atoms with Crippen LogP contribution in [-0.4, -0.2) is 38.5 Å². The molecule has 1 aromatic carbocycles. The van der Waals surface area contributed by atoms with Gasteiger partial charge in [0.25, 0.3) is 0 Å². The van der Waals surface area contributed by atoms with E-state index in [4.69, 9.17) is 5.73 Å². The number of anilines is 1. The number of sulfonamides is 1. The van der Waals surface area contributed by atoms with Crippen LogP contribution in [0.3, 0.4) is 0 Å². The molecule has 0 aliphatic carbocycles. The third kappa shape index (κ3) is 3.04. The lowest BCUT2D eigenvalue weighted by Crippen LogP contribution is -2.47. The summed E-state index contributed by atoms with van der Waals surface area (Å²) in [6.07, 6.45) is 3.95. The van der Waals surface area contributed by atoms with Gasteiger partial charge in [-0.25, -0.2) is 17.5 Å². The van der Waals surface area contributed by atoms with Crippen LogP contribution in [0.2, 0.25) is 0 Å². The highest BCUT2D eigenvalue weighted by atomic mass is 32.2. The van der Waals surface area contributed by atoms with E-state index in [9.17, 15) is 12.8 Å². The minimum atomic E-state index is -3.69. The van der Waals surface area contributed by atoms with Crippen LogP contribution in [0.25, 0.3) is 0 Å². The average Bonchev–Trinajstić information content (AvgIpc) is 2.88. The van der Waals surface area contributed by atoms with E-state index >= 15 is 0 Å². The van der Waals surface area contributed by atoms with Crippen molar-refractivity contribution in [1.82, 2.24) is 9.62 Å². The molecule has 7 heteroatoms. The van der Waals surface area contributed by atoms with Gasteiger partial charge in [-0.3, -0.25) is 0 Å². The molecule has 2 unspecified atom stereocenters. The summed E-state index contributed by atoms with van der Waals surface area (Å²) in [6, 6.07) is 4.00. The van der Waals surface area contributed by atoms with Gasteiger partial charge in [0, 0.05) is 12.1 Å². The smallest absolute Gasteiger partial charge is 0.240 e. The van der Waals surface area contributed by atoms with Gasteiger partial charge >= 0.3 is 0 Å². The van der Waals surface area contributed by atoms with Crippen LogP contribution in [0, 0.1) is 5.82 Å². The highest BCUT2D eigenvalue weighted by molar-refractivity contribution is 7.89. The van der Waals surface area contributed by atoms with Crippen LogP contribution < -0.4 is 10.5 Å². The Morgan fingerprint density at radius 2 is 2.10 bits per heavy atom. The normalized spacial score (nSPS) is 26.7. The van der Waals surface area contributed by atoms with E-state index in [1.54, 1.807) is 0 Å². The SMILES string of the molecule is Nc1ccc(S(=O)(=O)NC2CCN3CCCC3C2)cc1F. The van der Waals surface area contributed by atoms with Gasteiger partial charge in [0.15, 0.2) is 0 Å². The second-order valence-electron chi connectivity index (χ2n) is 5.86. The zero-order valence-corrected chi connectivity index (χ0v) is 12.6. The van der Waals surface area contributed by atoms with E-state index in [0.29, 0.717) is 6.04 Å². The monoisotopic (exact) mass is 313 g/mol. The molecular weight excluding hydrogens is 293 g/mol. The number of hydrogen-bond donors (Lipinski definition) is 2. The Morgan fingerprint density at radius 1 is 1.29 bits per heavy atom. The number of benzene rings is 1. The fourth-order valence-corrected chi connectivity index (χ4v) is 4.59. The van der Waals surface area contributed by atoms with E-state index in [1.807, 2.05) is 0 Å². The van der Waals surface area contributed by atoms with Crippen LogP contribution in [0.15, 0.2) is 23.1 Å². The van der Waals surface area contributed by atoms with Crippen molar-refractivity contribution in [2.24, 2.45) is 0 Å². The van der Waals surface area contributed by atoms with Crippen molar-refractivity contribution >= 4 is 15.7 Å². The number of nitrogens with one attached hydrogen (secondary N) is 1. The first-order valence-electron chi connectivity index (χ1n) is 7.27. The number of piperidine rings is 1. The van der Waals surface area contributed by atoms with E-state index < -0.39 is 15.8 Å². The van der Waals surface area contributed by atoms with Crippen LogP contribution in [0.1, 0.15) is 25.7 Å². The topological polar surface area (TPSA) is 75.4 Å². The number of nitrogen functional groups attached to an aromatic ring is 1. The maximum atomic E-state index is 13.4. The van der Waals surface area contributed by atoms with Crippen LogP contribution in [-0.2, 0) is 10.0 Å². The Labute approximate surface area is 124 Å². The van der Waals surface area contributed by atoms with Crippen molar-refractivity contribution in [3.63, 3.8) is 0 Å². The number of nitrogens with zero attached hydrogens (tertiary/aromatic N) is 1. The molecule has 2 aliphatic heterocycles. The van der Waals surface area contributed by atoms with Crippen molar-refractivity contribution in [2.75, 3.05) is 18.8 Å². The van der Waals surface area contributed by atoms with Gasteiger partial charge in [0.2, 0.25) is 10.0 Å². The summed E-state index contributed by atoms with van der Waals surface area (Å²) in [4.78, 5) is 2.36. The lowest BCUT2D eigenvalue weighted by atomic mass is 9.99. The first kappa shape index (κ1) is 14.7. The Kier molecular flexibility index (Phi) is 3.90. The summed E-state index contributed by atoms with van der Waals surface area (Å²) in [6.45, 7) is 2.04. The molecule has 3 rings (SSSR count). The van der Waals surface area contributed by atoms with Crippen molar-refractivity contribution in [3.8, 4) is 0 Å². The van der Waals surface area contributed by atoms with Gasteiger partial charge in [0.1, 0.15) is 5.82 Å². The first-order chi connectivity index (χ1) is 9.95. The van der Waals surface area contributed by atoms with E-state index in [2.05, 4.69) is 9.62 Å². The van der Waals surface area contributed by atoms with Crippen molar-refractivity contribution in [2.45, 2.75) is 42.7 Å². The number of halogens is 1. The van der Waals surface area contributed by atoms with E-state index in [-0.39, 0.29) is 16.6 Å². The number of fused-ring (bicyclic) bond motifs is 1. The molecule has 21 heavy (non-hydrogen) atoms. The zero-order valence-electron chi connectivity index (χ0n) is 11.8. The van der Waals surface area contributed by atoms with Crippen molar-refractivity contribution < 1.29 is 12.8 Å². The Balaban J connectivity index is 1.72. The summed E-state index contributed by atoms with van der Waals surface area (Å²) in [5, 5.41) is 0. The molecule has 2 atom stereocenters. The molecule has 5 nitrogen and oxygen atoms in total. The number of hydrogen-bond acceptors (Lipinski definition) is 4. The molecule has 3 N–H and O–H groups in total. The molecular formula is C14H20FN3O2S. The standard InChI is InChI=1S/C14H20FN3O2S/c15-13-9-12(3-4-14(13)16)21(19,20)17-10-5-7-18-6-1-2-11(18)8-10/h3-4,9-11,17H,1-2,5-8,16H2. The quantitative estimate of drug-likeness (QED) is 0.825. The predicted molar refractivity (Wildman–Crippen MR) is 78.8 cm³/mol. The summed E-state index contributed by atoms with van der Waals surface area (Å²) >= 11 is 0. The van der Waals surface area contributed by atoms with Gasteiger partial charge in [-0.2, -0.15) is 0 Å². The molecule has 2 fully saturated rings. The van der Waals surface area contributed by atoms with Crippen molar-refractivity contribution in [1.29, 1.82) is 0 Å². The Hall–Kier alpha value is -1.18. The fourth-order valence-electron chi connectivity index (χ4n) is 3.29. The number of rotatable bonds is 3. The fraction of sp³-hybridized carbons (Fsp3) is 0.571. The maximum absolute atomic E-state index is 13.4. The minimum Gasteiger partial charge on any atom is -0.396 e. The van der Waals surface area contributed by atoms with Gasteiger partial charge in [-0.15, -0.1) is 0 Å². The first-order valence-corrected chi connectivity index (χ1v) is 8.75. The van der Waals surface area contributed by atoms with Crippen LogP contribution in [0.4, 0.5) is 10.1 Å². The maximum Gasteiger partial charge on any atom is 0.240 e. The molecule has 0 bridgehead atoms. The molecule has 0 amide bonds. The highest BCUT2D eigenvalue weighted by Crippen LogP contribution is 2.27. The molecule has 0 spiro atoms. The molecule has 1 aromatic rings. The van der Waals surface area contributed by atoms with Gasteiger partial charge in [-0.05, 0) is 57.0 Å². The molecule has 0 saturated carbocycles. The lowest BCUT2D eigenvalue weighted by Gasteiger charge is -2.34. The summed E-state index contributed by atoms with van der Waals surface area (Å²) in [7, 11) is -3.69. The van der Waals surface area contributed by atoms with Crippen LogP contribution in [0.5, 0.6) is 0 Å². The molecule has 0 radical (unpaired) electrons. The third-order valence-electron chi connectivity index (χ3n) is 4.42. The summed E-state index contributed by atoms with van der Waals surface area (Å²) in [5.74, 6) is -0.705. The second-order valence-corrected chi connectivity index (χ2v) is 7.57. The predicted octanol–water partition coefficient (Wildman–Crippen LogP) is 1.31. The highest BCUT2D eigenvalue weighted by Gasteiger charge is 2.33. The Bertz CT molecular complexity index is 635. The van der Waals surface area contributed by atoms with E-state index in [1.165, 1.54) is 18.6 Å². The minimum absolute atomic E-state index is 0.0480. The van der Waals surface area contributed by atoms with Gasteiger partial charge in [0.05, 0.1) is 10.6 Å². The average molecular weight is 313 g/mol. The van der Waals surface area contributed by atoms with Crippen molar-refractivity contribution in [3.05, 3.63) is 24.0 Å². The largest absolute Gasteiger partial charge is 0.396 e. The summed E-state index contributed by atoms with van der Waals surface area (Å²) < 4.78 is 40.8. The zero-order chi connectivity index (χ0) is 15.0. The van der Waals surface area contributed by atoms with Gasteiger partial charge in [-0.1, -0.05) is 0 Å². The molecule has 0 aromatic heterocycles. The molecule has 2 saturated heterocycles. The third-order valence-corrected chi connectivity index (χ3v) is 5.94. The van der Waals surface area contributed by atoms with Gasteiger partial charge < -0.3 is 10.6 Å². The van der Waals surface area contributed by atoms with E-state index in [0.717, 1.165) is 38.4 Å². The lowest BCUT2D eigenvalue weighted by molar-refractivity contribution is 0.176. The summed E-state index contributed by atoms with van der Waals surface area (Å²) in [5.41, 5.74) is 5.33. The Morgan fingerprint density at radius 3 is 2.86 bits per heavy atom. The molecule has 116 valence electrons. The molecule has 2 heterocycles. The second kappa shape index (κ2) is 5.55. The number of nitrogens with two attached hydrogens (primary N) is 1.